The molecule has 1 aliphatic heterocycles. The summed E-state index contributed by atoms with van der Waals surface area (Å²) in [4.78, 5) is 6.80. The summed E-state index contributed by atoms with van der Waals surface area (Å²) in [6.07, 6.45) is 5.24. The van der Waals surface area contributed by atoms with Crippen molar-refractivity contribution in [3.63, 3.8) is 0 Å². The number of nitrogens with zero attached hydrogens (tertiary/aromatic N) is 3. The molecular formula is C13H22N4. The minimum atomic E-state index is 0.679. The molecule has 1 fully saturated rings. The Morgan fingerprint density at radius 1 is 1.41 bits per heavy atom. The second-order valence-corrected chi connectivity index (χ2v) is 4.82. The highest BCUT2D eigenvalue weighted by atomic mass is 15.4. The van der Waals surface area contributed by atoms with Crippen molar-refractivity contribution in [2.45, 2.75) is 25.3 Å². The predicted octanol–water partition coefficient (Wildman–Crippen LogP) is 0.894. The van der Waals surface area contributed by atoms with Crippen LogP contribution in [-0.2, 0) is 6.42 Å². The molecule has 17 heavy (non-hydrogen) atoms. The second kappa shape index (κ2) is 6.10. The third-order valence-corrected chi connectivity index (χ3v) is 3.57. The molecule has 1 aromatic heterocycles. The van der Waals surface area contributed by atoms with Crippen molar-refractivity contribution in [3.05, 3.63) is 30.1 Å². The Kier molecular flexibility index (Phi) is 4.48. The maximum absolute atomic E-state index is 5.77. The Morgan fingerprint density at radius 3 is 2.82 bits per heavy atom. The summed E-state index contributed by atoms with van der Waals surface area (Å²) in [5, 5.41) is 1.92. The zero-order chi connectivity index (χ0) is 12.1. The van der Waals surface area contributed by atoms with Crippen LogP contribution in [0.4, 0.5) is 0 Å². The largest absolute Gasteiger partial charge is 0.303 e. The molecule has 0 spiro atoms. The van der Waals surface area contributed by atoms with E-state index < -0.39 is 0 Å². The molecule has 1 saturated heterocycles. The van der Waals surface area contributed by atoms with Gasteiger partial charge in [0.05, 0.1) is 0 Å². The molecule has 0 aromatic carbocycles. The lowest BCUT2D eigenvalue weighted by molar-refractivity contribution is 0.129. The molecule has 2 N–H and O–H groups in total. The molecule has 0 bridgehead atoms. The summed E-state index contributed by atoms with van der Waals surface area (Å²) < 4.78 is 0. The summed E-state index contributed by atoms with van der Waals surface area (Å²) in [5.41, 5.74) is 1.18. The molecule has 1 aromatic rings. The van der Waals surface area contributed by atoms with Crippen LogP contribution < -0.4 is 5.84 Å². The lowest BCUT2D eigenvalue weighted by atomic mass is 10.0. The standard InChI is InChI=1S/C13H22N4/c1-16(13-6-10-17(14)11-7-13)9-5-12-4-2-3-8-15-12/h2-4,8,13H,5-7,9-11,14H2,1H3. The zero-order valence-corrected chi connectivity index (χ0v) is 10.5. The zero-order valence-electron chi connectivity index (χ0n) is 10.5. The van der Waals surface area contributed by atoms with Crippen molar-refractivity contribution in [2.75, 3.05) is 26.7 Å². The first-order valence-corrected chi connectivity index (χ1v) is 6.35. The van der Waals surface area contributed by atoms with E-state index in [0.717, 1.165) is 26.1 Å². The lowest BCUT2D eigenvalue weighted by Gasteiger charge is -2.34. The first-order valence-electron chi connectivity index (χ1n) is 6.35. The number of likely N-dealkylation sites (N-methyl/N-ethyl adjacent to an activating group) is 1. The summed E-state index contributed by atoms with van der Waals surface area (Å²) in [6.45, 7) is 3.10. The van der Waals surface area contributed by atoms with Crippen molar-refractivity contribution in [1.29, 1.82) is 0 Å². The van der Waals surface area contributed by atoms with E-state index in [1.807, 2.05) is 17.3 Å². The van der Waals surface area contributed by atoms with Crippen molar-refractivity contribution in [3.8, 4) is 0 Å². The Morgan fingerprint density at radius 2 is 2.18 bits per heavy atom. The van der Waals surface area contributed by atoms with Crippen LogP contribution in [-0.4, -0.2) is 47.6 Å². The van der Waals surface area contributed by atoms with Crippen molar-refractivity contribution in [2.24, 2.45) is 5.84 Å². The number of hydrogen-bond acceptors (Lipinski definition) is 4. The van der Waals surface area contributed by atoms with Gasteiger partial charge >= 0.3 is 0 Å². The Balaban J connectivity index is 1.75. The maximum Gasteiger partial charge on any atom is 0.0416 e. The fraction of sp³-hybridized carbons (Fsp3) is 0.615. The molecule has 4 nitrogen and oxygen atoms in total. The molecule has 2 heterocycles. The molecule has 1 aliphatic rings. The number of hydrogen-bond donors (Lipinski definition) is 1. The van der Waals surface area contributed by atoms with E-state index in [-0.39, 0.29) is 0 Å². The van der Waals surface area contributed by atoms with Gasteiger partial charge in [0.1, 0.15) is 0 Å². The normalized spacial score (nSPS) is 18.8. The first kappa shape index (κ1) is 12.5. The number of pyridine rings is 1. The monoisotopic (exact) mass is 234 g/mol. The highest BCUT2D eigenvalue weighted by molar-refractivity contribution is 5.03. The average molecular weight is 234 g/mol. The van der Waals surface area contributed by atoms with Gasteiger partial charge in [-0.15, -0.1) is 0 Å². The van der Waals surface area contributed by atoms with Gasteiger partial charge in [-0.1, -0.05) is 6.07 Å². The summed E-state index contributed by atoms with van der Waals surface area (Å²) in [6, 6.07) is 6.79. The first-order chi connectivity index (χ1) is 8.25. The number of nitrogens with two attached hydrogens (primary N) is 1. The molecule has 94 valence electrons. The minimum absolute atomic E-state index is 0.679. The third kappa shape index (κ3) is 3.77. The van der Waals surface area contributed by atoms with Gasteiger partial charge in [-0.05, 0) is 32.0 Å². The Hall–Kier alpha value is -0.970. The quantitative estimate of drug-likeness (QED) is 0.786. The van der Waals surface area contributed by atoms with Gasteiger partial charge in [-0.3, -0.25) is 10.8 Å². The van der Waals surface area contributed by atoms with E-state index in [2.05, 4.69) is 29.1 Å². The second-order valence-electron chi connectivity index (χ2n) is 4.82. The van der Waals surface area contributed by atoms with Gasteiger partial charge < -0.3 is 4.90 Å². The topological polar surface area (TPSA) is 45.4 Å². The van der Waals surface area contributed by atoms with Crippen molar-refractivity contribution in [1.82, 2.24) is 14.9 Å². The van der Waals surface area contributed by atoms with E-state index in [0.29, 0.717) is 6.04 Å². The number of piperidine rings is 1. The molecule has 4 heteroatoms. The molecule has 0 aliphatic carbocycles. The molecular weight excluding hydrogens is 212 g/mol. The predicted molar refractivity (Wildman–Crippen MR) is 69.4 cm³/mol. The third-order valence-electron chi connectivity index (χ3n) is 3.57. The van der Waals surface area contributed by atoms with Crippen LogP contribution in [0.15, 0.2) is 24.4 Å². The van der Waals surface area contributed by atoms with Gasteiger partial charge in [-0.25, -0.2) is 5.01 Å². The van der Waals surface area contributed by atoms with Crippen LogP contribution in [0.1, 0.15) is 18.5 Å². The van der Waals surface area contributed by atoms with Crippen molar-refractivity contribution < 1.29 is 0 Å². The molecule has 0 unspecified atom stereocenters. The van der Waals surface area contributed by atoms with Gasteiger partial charge in [0.15, 0.2) is 0 Å². The van der Waals surface area contributed by atoms with E-state index in [9.17, 15) is 0 Å². The lowest BCUT2D eigenvalue weighted by Crippen LogP contribution is -2.46. The molecule has 2 rings (SSSR count). The summed E-state index contributed by atoms with van der Waals surface area (Å²) in [7, 11) is 2.21. The molecule has 0 saturated carbocycles. The van der Waals surface area contributed by atoms with Crippen molar-refractivity contribution >= 4 is 0 Å². The SMILES string of the molecule is CN(CCc1ccccn1)C1CCN(N)CC1. The highest BCUT2D eigenvalue weighted by Gasteiger charge is 2.20. The maximum atomic E-state index is 5.77. The van der Waals surface area contributed by atoms with Crippen LogP contribution in [0.25, 0.3) is 0 Å². The Bertz CT molecular complexity index is 319. The van der Waals surface area contributed by atoms with Crippen LogP contribution in [0.5, 0.6) is 0 Å². The highest BCUT2D eigenvalue weighted by Crippen LogP contribution is 2.13. The van der Waals surface area contributed by atoms with Gasteiger partial charge in [0, 0.05) is 44.0 Å². The molecule has 0 atom stereocenters. The number of aromatic nitrogens is 1. The average Bonchev–Trinajstić information content (AvgIpc) is 2.38. The molecule has 0 radical (unpaired) electrons. The van der Waals surface area contributed by atoms with Gasteiger partial charge in [-0.2, -0.15) is 0 Å². The fourth-order valence-electron chi connectivity index (χ4n) is 2.35. The minimum Gasteiger partial charge on any atom is -0.303 e. The van der Waals surface area contributed by atoms with Crippen LogP contribution in [0.3, 0.4) is 0 Å². The number of rotatable bonds is 4. The number of hydrazine groups is 1. The smallest absolute Gasteiger partial charge is 0.0416 e. The summed E-state index contributed by atoms with van der Waals surface area (Å²) in [5.74, 6) is 5.77. The Labute approximate surface area is 103 Å². The molecule has 0 amide bonds. The van der Waals surface area contributed by atoms with Gasteiger partial charge in [0.2, 0.25) is 0 Å². The van der Waals surface area contributed by atoms with Crippen LogP contribution >= 0.6 is 0 Å². The van der Waals surface area contributed by atoms with Crippen LogP contribution in [0, 0.1) is 0 Å². The fourth-order valence-corrected chi connectivity index (χ4v) is 2.35. The van der Waals surface area contributed by atoms with Gasteiger partial charge in [0.25, 0.3) is 0 Å². The van der Waals surface area contributed by atoms with E-state index >= 15 is 0 Å². The van der Waals surface area contributed by atoms with E-state index in [4.69, 9.17) is 5.84 Å². The summed E-state index contributed by atoms with van der Waals surface area (Å²) >= 11 is 0. The van der Waals surface area contributed by atoms with Crippen LogP contribution in [0.2, 0.25) is 0 Å². The van der Waals surface area contributed by atoms with E-state index in [1.54, 1.807) is 0 Å². The van der Waals surface area contributed by atoms with E-state index in [1.165, 1.54) is 18.5 Å².